The molecule has 7 nitrogen and oxygen atoms in total. The van der Waals surface area contributed by atoms with Crippen LogP contribution in [-0.4, -0.2) is 66.0 Å². The van der Waals surface area contributed by atoms with Gasteiger partial charge in [-0.1, -0.05) is 25.1 Å². The first-order chi connectivity index (χ1) is 15.6. The monoisotopic (exact) mass is 477 g/mol. The fourth-order valence-corrected chi connectivity index (χ4v) is 7.82. The lowest BCUT2D eigenvalue weighted by Crippen LogP contribution is -2.56. The Kier molecular flexibility index (Phi) is 6.39. The van der Waals surface area contributed by atoms with Gasteiger partial charge >= 0.3 is 0 Å². The summed E-state index contributed by atoms with van der Waals surface area (Å²) in [5, 5.41) is 66.9. The summed E-state index contributed by atoms with van der Waals surface area (Å²) >= 11 is 0. The number of oxime groups is 1. The lowest BCUT2D eigenvalue weighted by Gasteiger charge is -2.57. The molecule has 0 saturated heterocycles. The van der Waals surface area contributed by atoms with Crippen LogP contribution < -0.4 is 0 Å². The van der Waals surface area contributed by atoms with Gasteiger partial charge in [0.15, 0.2) is 0 Å². The van der Waals surface area contributed by atoms with Crippen LogP contribution >= 0.6 is 0 Å². The van der Waals surface area contributed by atoms with E-state index in [0.29, 0.717) is 37.8 Å². The quantitative estimate of drug-likeness (QED) is 0.266. The van der Waals surface area contributed by atoms with E-state index in [1.807, 2.05) is 6.08 Å². The highest BCUT2D eigenvalue weighted by molar-refractivity contribution is 5.99. The standard InChI is InChI=1S/C27H43NO6/c1-24(2,32)10-9-23(31)27(5,33)22-7-6-16-15-12-19(28-34)18-13-20(29)21(30)14-26(18,4)17(15)8-11-25(16,22)3/h6,12,17-18,20-23,29-34H,7-11,13-14H2,1-5H3/b28-19+/t17-,18-,20+,21-,22-,23+,25-,26+,27+/m0/s1. The third kappa shape index (κ3) is 3.97. The van der Waals surface area contributed by atoms with Gasteiger partial charge in [-0.15, -0.1) is 0 Å². The molecule has 4 aliphatic rings. The Balaban J connectivity index is 1.65. The number of hydrogen-bond acceptors (Lipinski definition) is 7. The van der Waals surface area contributed by atoms with Gasteiger partial charge in [0.25, 0.3) is 0 Å². The van der Waals surface area contributed by atoms with Crippen molar-refractivity contribution >= 4 is 5.71 Å². The van der Waals surface area contributed by atoms with Crippen molar-refractivity contribution in [2.45, 2.75) is 109 Å². The summed E-state index contributed by atoms with van der Waals surface area (Å²) in [6.07, 6.45) is 5.41. The third-order valence-corrected chi connectivity index (χ3v) is 9.93. The zero-order valence-electron chi connectivity index (χ0n) is 21.2. The summed E-state index contributed by atoms with van der Waals surface area (Å²) in [6.45, 7) is 9.43. The number of fused-ring (bicyclic) bond motifs is 5. The van der Waals surface area contributed by atoms with E-state index < -0.39 is 29.5 Å². The number of nitrogens with zero attached hydrogens (tertiary/aromatic N) is 1. The van der Waals surface area contributed by atoms with Crippen LogP contribution in [-0.2, 0) is 0 Å². The molecule has 0 aromatic carbocycles. The highest BCUT2D eigenvalue weighted by atomic mass is 16.4. The van der Waals surface area contributed by atoms with E-state index in [4.69, 9.17) is 0 Å². The molecule has 0 amide bonds. The molecule has 4 rings (SSSR count). The van der Waals surface area contributed by atoms with E-state index in [-0.39, 0.29) is 28.6 Å². The van der Waals surface area contributed by atoms with Gasteiger partial charge in [0.05, 0.1) is 35.2 Å². The van der Waals surface area contributed by atoms with Crippen LogP contribution in [0.15, 0.2) is 28.5 Å². The summed E-state index contributed by atoms with van der Waals surface area (Å²) in [6, 6.07) is 0. The van der Waals surface area contributed by atoms with Crippen molar-refractivity contribution in [3.63, 3.8) is 0 Å². The van der Waals surface area contributed by atoms with Crippen LogP contribution in [0.4, 0.5) is 0 Å². The molecule has 0 unspecified atom stereocenters. The molecule has 0 radical (unpaired) electrons. The number of aliphatic hydroxyl groups is 5. The summed E-state index contributed by atoms with van der Waals surface area (Å²) in [5.74, 6) is -0.153. The average molecular weight is 478 g/mol. The second-order valence-electron chi connectivity index (χ2n) is 12.8. The van der Waals surface area contributed by atoms with Gasteiger partial charge in [-0.2, -0.15) is 0 Å². The minimum Gasteiger partial charge on any atom is -0.411 e. The van der Waals surface area contributed by atoms with Crippen molar-refractivity contribution < 1.29 is 30.7 Å². The second kappa shape index (κ2) is 8.41. The van der Waals surface area contributed by atoms with E-state index in [9.17, 15) is 30.7 Å². The molecule has 0 aromatic heterocycles. The normalized spacial score (nSPS) is 43.8. The maximum absolute atomic E-state index is 11.6. The lowest BCUT2D eigenvalue weighted by molar-refractivity contribution is -0.134. The highest BCUT2D eigenvalue weighted by Crippen LogP contribution is 2.65. The fourth-order valence-electron chi connectivity index (χ4n) is 7.82. The van der Waals surface area contributed by atoms with Gasteiger partial charge in [-0.3, -0.25) is 0 Å². The molecule has 6 N–H and O–H groups in total. The van der Waals surface area contributed by atoms with Crippen LogP contribution in [0.3, 0.4) is 0 Å². The van der Waals surface area contributed by atoms with Gasteiger partial charge < -0.3 is 30.7 Å². The molecule has 34 heavy (non-hydrogen) atoms. The highest BCUT2D eigenvalue weighted by Gasteiger charge is 2.60. The minimum absolute atomic E-state index is 0.126. The summed E-state index contributed by atoms with van der Waals surface area (Å²) in [4.78, 5) is 0. The van der Waals surface area contributed by atoms with Gasteiger partial charge in [0.2, 0.25) is 0 Å². The second-order valence-corrected chi connectivity index (χ2v) is 12.8. The molecular formula is C27H43NO6. The van der Waals surface area contributed by atoms with E-state index in [1.54, 1.807) is 20.8 Å². The first-order valence-corrected chi connectivity index (χ1v) is 12.8. The topological polar surface area (TPSA) is 134 Å². The van der Waals surface area contributed by atoms with Crippen LogP contribution in [0.2, 0.25) is 0 Å². The maximum Gasteiger partial charge on any atom is 0.0916 e. The van der Waals surface area contributed by atoms with Crippen LogP contribution in [0.25, 0.3) is 0 Å². The molecule has 0 aromatic rings. The Morgan fingerprint density at radius 3 is 2.41 bits per heavy atom. The minimum atomic E-state index is -1.33. The third-order valence-electron chi connectivity index (χ3n) is 9.93. The van der Waals surface area contributed by atoms with Crippen molar-refractivity contribution in [1.82, 2.24) is 0 Å². The Hall–Kier alpha value is -1.25. The van der Waals surface area contributed by atoms with E-state index in [1.165, 1.54) is 0 Å². The molecule has 0 bridgehead atoms. The Bertz CT molecular complexity index is 901. The van der Waals surface area contributed by atoms with Crippen molar-refractivity contribution in [3.8, 4) is 0 Å². The van der Waals surface area contributed by atoms with Crippen molar-refractivity contribution in [3.05, 3.63) is 23.3 Å². The zero-order chi connectivity index (χ0) is 25.3. The van der Waals surface area contributed by atoms with Crippen LogP contribution in [0.1, 0.15) is 79.6 Å². The summed E-state index contributed by atoms with van der Waals surface area (Å²) < 4.78 is 0. The Morgan fingerprint density at radius 1 is 1.12 bits per heavy atom. The lowest BCUT2D eigenvalue weighted by atomic mass is 9.47. The largest absolute Gasteiger partial charge is 0.411 e. The van der Waals surface area contributed by atoms with Crippen molar-refractivity contribution in [2.75, 3.05) is 0 Å². The van der Waals surface area contributed by atoms with E-state index in [2.05, 4.69) is 25.1 Å². The first-order valence-electron chi connectivity index (χ1n) is 12.8. The molecule has 4 aliphatic carbocycles. The van der Waals surface area contributed by atoms with Gasteiger partial charge in [-0.25, -0.2) is 0 Å². The van der Waals surface area contributed by atoms with Crippen LogP contribution in [0, 0.1) is 28.6 Å². The molecule has 9 atom stereocenters. The Morgan fingerprint density at radius 2 is 1.79 bits per heavy atom. The predicted molar refractivity (Wildman–Crippen MR) is 129 cm³/mol. The van der Waals surface area contributed by atoms with Gasteiger partial charge in [0.1, 0.15) is 0 Å². The predicted octanol–water partition coefficient (Wildman–Crippen LogP) is 2.92. The summed E-state index contributed by atoms with van der Waals surface area (Å²) in [7, 11) is 0. The molecule has 0 aliphatic heterocycles. The fraction of sp³-hybridized carbons (Fsp3) is 0.815. The molecule has 0 spiro atoms. The molecule has 2 saturated carbocycles. The van der Waals surface area contributed by atoms with Gasteiger partial charge in [-0.05, 0) is 99.7 Å². The number of allylic oxidation sites excluding steroid dienone is 4. The Labute approximate surface area is 202 Å². The molecule has 192 valence electrons. The summed E-state index contributed by atoms with van der Waals surface area (Å²) in [5.41, 5.74) is -0.123. The molecule has 7 heteroatoms. The number of hydrogen-bond donors (Lipinski definition) is 6. The number of rotatable bonds is 5. The zero-order valence-corrected chi connectivity index (χ0v) is 21.2. The van der Waals surface area contributed by atoms with E-state index in [0.717, 1.165) is 24.0 Å². The van der Waals surface area contributed by atoms with Crippen molar-refractivity contribution in [1.29, 1.82) is 0 Å². The average Bonchev–Trinajstić information content (AvgIpc) is 3.10. The van der Waals surface area contributed by atoms with Crippen molar-refractivity contribution in [2.24, 2.45) is 33.7 Å². The van der Waals surface area contributed by atoms with Crippen LogP contribution in [0.5, 0.6) is 0 Å². The molecular weight excluding hydrogens is 434 g/mol. The molecule has 0 heterocycles. The smallest absolute Gasteiger partial charge is 0.0916 e. The maximum atomic E-state index is 11.6. The number of aliphatic hydroxyl groups excluding tert-OH is 3. The van der Waals surface area contributed by atoms with E-state index >= 15 is 0 Å². The SMILES string of the molecule is CC(C)(O)CC[C@@H](O)[C@](C)(O)[C@H]1CC=C2C3=C/C(=N\O)[C@@H]4C[C@@H](O)[C@@H](O)C[C@]4(C)[C@H]3CC[C@@]21C. The van der Waals surface area contributed by atoms with Gasteiger partial charge in [0, 0.05) is 11.8 Å². The first kappa shape index (κ1) is 25.8. The molecule has 2 fully saturated rings.